The molecule has 0 saturated carbocycles. The van der Waals surface area contributed by atoms with Crippen LogP contribution >= 0.6 is 27.3 Å². The summed E-state index contributed by atoms with van der Waals surface area (Å²) in [5.41, 5.74) is 2.78. The lowest BCUT2D eigenvalue weighted by Gasteiger charge is -2.25. The van der Waals surface area contributed by atoms with Gasteiger partial charge in [0.15, 0.2) is 4.80 Å². The molecular weight excluding hydrogens is 570 g/mol. The predicted octanol–water partition coefficient (Wildman–Crippen LogP) is 3.69. The number of anilines is 1. The van der Waals surface area contributed by atoms with E-state index >= 15 is 0 Å². The first-order valence-electron chi connectivity index (χ1n) is 12.2. The highest BCUT2D eigenvalue weighted by Crippen LogP contribution is 2.36. The van der Waals surface area contributed by atoms with Crippen molar-refractivity contribution >= 4 is 50.4 Å². The van der Waals surface area contributed by atoms with Crippen molar-refractivity contribution < 1.29 is 19.1 Å². The molecule has 0 unspecified atom stereocenters. The zero-order valence-electron chi connectivity index (χ0n) is 21.6. The second-order valence-corrected chi connectivity index (χ2v) is 11.2. The molecule has 1 aromatic heterocycles. The Morgan fingerprint density at radius 2 is 1.87 bits per heavy atom. The molecule has 0 radical (unpaired) electrons. The van der Waals surface area contributed by atoms with Gasteiger partial charge in [0.1, 0.15) is 10.3 Å². The van der Waals surface area contributed by atoms with Gasteiger partial charge in [0, 0.05) is 17.1 Å². The Bertz CT molecular complexity index is 1680. The lowest BCUT2D eigenvalue weighted by molar-refractivity contribution is -0.143. The van der Waals surface area contributed by atoms with Gasteiger partial charge < -0.3 is 14.4 Å². The van der Waals surface area contributed by atoms with E-state index in [1.54, 1.807) is 40.0 Å². The summed E-state index contributed by atoms with van der Waals surface area (Å²) in [4.78, 5) is 47.3. The molecule has 3 aromatic rings. The van der Waals surface area contributed by atoms with Gasteiger partial charge in [0.2, 0.25) is 0 Å². The van der Waals surface area contributed by atoms with Crippen LogP contribution in [0.4, 0.5) is 5.69 Å². The number of thiazole rings is 1. The quantitative estimate of drug-likeness (QED) is 0.420. The minimum atomic E-state index is -0.779. The average Bonchev–Trinajstić information content (AvgIpc) is 3.30. The molecule has 8 nitrogen and oxygen atoms in total. The van der Waals surface area contributed by atoms with Crippen LogP contribution in [-0.4, -0.2) is 36.2 Å². The Balaban J connectivity index is 1.79. The highest BCUT2D eigenvalue weighted by Gasteiger charge is 2.36. The van der Waals surface area contributed by atoms with E-state index in [2.05, 4.69) is 20.9 Å². The summed E-state index contributed by atoms with van der Waals surface area (Å²) < 4.78 is 13.7. The number of amides is 1. The molecule has 0 spiro atoms. The van der Waals surface area contributed by atoms with Crippen molar-refractivity contribution in [2.24, 2.45) is 4.99 Å². The molecule has 1 amide bonds. The molecule has 1 atom stereocenters. The minimum Gasteiger partial charge on any atom is -0.494 e. The lowest BCUT2D eigenvalue weighted by Crippen LogP contribution is -2.41. The molecule has 0 fully saturated rings. The molecule has 2 aromatic carbocycles. The molecule has 0 saturated heterocycles. The van der Waals surface area contributed by atoms with E-state index in [-0.39, 0.29) is 27.7 Å². The van der Waals surface area contributed by atoms with Crippen LogP contribution in [0.1, 0.15) is 44.9 Å². The van der Waals surface area contributed by atoms with Crippen molar-refractivity contribution in [3.63, 3.8) is 0 Å². The standard InChI is InChI=1S/C28H26BrN3O5S/c1-6-36-18-10-7-16(8-11-18)23-21(27(35)37-14(2)3)15(4)30-28-32(23)26(34)24(38-28)22-19-13-17(29)9-12-20(19)31(5)25(22)33/h7-14,23H,6H2,1-5H3/b24-22+/t23-/m0/s1. The van der Waals surface area contributed by atoms with Crippen molar-refractivity contribution in [1.29, 1.82) is 0 Å². The van der Waals surface area contributed by atoms with E-state index in [1.165, 1.54) is 9.47 Å². The fraction of sp³-hybridized carbons (Fsp3) is 0.286. The number of ether oxygens (including phenoxy) is 2. The SMILES string of the molecule is CCOc1ccc([C@H]2C(C(=O)OC(C)C)=C(C)N=c3s/c(=C4/C(=O)N(C)c5ccc(Br)cc54)c(=O)n32)cc1. The van der Waals surface area contributed by atoms with Crippen LogP contribution in [0, 0.1) is 0 Å². The largest absolute Gasteiger partial charge is 0.494 e. The van der Waals surface area contributed by atoms with Crippen molar-refractivity contribution in [3.05, 3.63) is 89.0 Å². The van der Waals surface area contributed by atoms with Gasteiger partial charge in [-0.1, -0.05) is 39.4 Å². The molecular formula is C28H26BrN3O5S. The van der Waals surface area contributed by atoms with Crippen molar-refractivity contribution in [2.75, 3.05) is 18.6 Å². The topological polar surface area (TPSA) is 90.2 Å². The van der Waals surface area contributed by atoms with E-state index in [0.717, 1.165) is 21.5 Å². The monoisotopic (exact) mass is 595 g/mol. The Morgan fingerprint density at radius 3 is 2.53 bits per heavy atom. The fourth-order valence-corrected chi connectivity index (χ4v) is 6.25. The Labute approximate surface area is 231 Å². The molecule has 0 aliphatic carbocycles. The predicted molar refractivity (Wildman–Crippen MR) is 149 cm³/mol. The van der Waals surface area contributed by atoms with Gasteiger partial charge >= 0.3 is 5.97 Å². The normalized spacial score (nSPS) is 17.9. The number of rotatable bonds is 5. The van der Waals surface area contributed by atoms with Gasteiger partial charge in [-0.25, -0.2) is 9.79 Å². The molecule has 3 heterocycles. The van der Waals surface area contributed by atoms with Crippen LogP contribution in [0.3, 0.4) is 0 Å². The fourth-order valence-electron chi connectivity index (χ4n) is 4.75. The number of allylic oxidation sites excluding steroid dienone is 1. The first-order valence-corrected chi connectivity index (χ1v) is 13.8. The van der Waals surface area contributed by atoms with Crippen LogP contribution in [0.25, 0.3) is 5.57 Å². The number of halogens is 1. The maximum absolute atomic E-state index is 14.1. The number of hydrogen-bond donors (Lipinski definition) is 0. The average molecular weight is 597 g/mol. The zero-order chi connectivity index (χ0) is 27.3. The van der Waals surface area contributed by atoms with Crippen molar-refractivity contribution in [1.82, 2.24) is 4.57 Å². The minimum absolute atomic E-state index is 0.267. The summed E-state index contributed by atoms with van der Waals surface area (Å²) in [6, 6.07) is 12.0. The number of nitrogens with zero attached hydrogens (tertiary/aromatic N) is 3. The molecule has 10 heteroatoms. The summed E-state index contributed by atoms with van der Waals surface area (Å²) in [6.07, 6.45) is -0.350. The van der Waals surface area contributed by atoms with Gasteiger partial charge in [0.25, 0.3) is 11.5 Å². The molecule has 38 heavy (non-hydrogen) atoms. The molecule has 2 aliphatic rings. The summed E-state index contributed by atoms with van der Waals surface area (Å²) in [5.74, 6) is -0.125. The lowest BCUT2D eigenvalue weighted by atomic mass is 9.95. The Morgan fingerprint density at radius 1 is 1.16 bits per heavy atom. The maximum Gasteiger partial charge on any atom is 0.338 e. The smallest absolute Gasteiger partial charge is 0.338 e. The molecule has 196 valence electrons. The number of hydrogen-bond acceptors (Lipinski definition) is 7. The van der Waals surface area contributed by atoms with Gasteiger partial charge in [-0.3, -0.25) is 14.2 Å². The van der Waals surface area contributed by atoms with E-state index < -0.39 is 12.0 Å². The first kappa shape index (κ1) is 26.1. The number of carbonyl (C=O) groups is 2. The summed E-state index contributed by atoms with van der Waals surface area (Å²) in [5, 5.41) is 0. The van der Waals surface area contributed by atoms with Gasteiger partial charge in [-0.05, 0) is 63.6 Å². The Kier molecular flexibility index (Phi) is 6.87. The third-order valence-corrected chi connectivity index (χ3v) is 7.95. The number of esters is 1. The van der Waals surface area contributed by atoms with Crippen molar-refractivity contribution in [3.8, 4) is 5.75 Å². The Hall–Kier alpha value is -3.50. The highest BCUT2D eigenvalue weighted by molar-refractivity contribution is 9.10. The second-order valence-electron chi connectivity index (χ2n) is 9.26. The number of likely N-dealkylation sites (N-methyl/N-ethyl adjacent to an activating group) is 1. The van der Waals surface area contributed by atoms with Crippen LogP contribution in [-0.2, 0) is 14.3 Å². The van der Waals surface area contributed by atoms with Gasteiger partial charge in [-0.2, -0.15) is 0 Å². The van der Waals surface area contributed by atoms with E-state index in [1.807, 2.05) is 37.3 Å². The van der Waals surface area contributed by atoms with Crippen LogP contribution in [0.5, 0.6) is 5.75 Å². The third-order valence-electron chi connectivity index (χ3n) is 6.40. The maximum atomic E-state index is 14.1. The highest BCUT2D eigenvalue weighted by atomic mass is 79.9. The zero-order valence-corrected chi connectivity index (χ0v) is 24.0. The summed E-state index contributed by atoms with van der Waals surface area (Å²) in [6.45, 7) is 7.70. The van der Waals surface area contributed by atoms with E-state index in [0.29, 0.717) is 39.6 Å². The van der Waals surface area contributed by atoms with E-state index in [4.69, 9.17) is 9.47 Å². The van der Waals surface area contributed by atoms with Crippen LogP contribution in [0.2, 0.25) is 0 Å². The summed E-state index contributed by atoms with van der Waals surface area (Å²) >= 11 is 4.63. The molecule has 2 aliphatic heterocycles. The molecule has 5 rings (SSSR count). The van der Waals surface area contributed by atoms with Crippen LogP contribution in [0.15, 0.2) is 68.0 Å². The molecule has 0 bridgehead atoms. The van der Waals surface area contributed by atoms with Gasteiger partial charge in [-0.15, -0.1) is 0 Å². The number of carbonyl (C=O) groups excluding carboxylic acids is 2. The molecule has 0 N–H and O–H groups in total. The van der Waals surface area contributed by atoms with Gasteiger partial charge in [0.05, 0.1) is 41.3 Å². The number of fused-ring (bicyclic) bond motifs is 2. The second kappa shape index (κ2) is 9.99. The van der Waals surface area contributed by atoms with Crippen molar-refractivity contribution in [2.45, 2.75) is 39.8 Å². The number of aromatic nitrogens is 1. The summed E-state index contributed by atoms with van der Waals surface area (Å²) in [7, 11) is 1.69. The first-order chi connectivity index (χ1) is 18.1. The van der Waals surface area contributed by atoms with Crippen LogP contribution < -0.4 is 24.5 Å². The number of benzene rings is 2. The van der Waals surface area contributed by atoms with E-state index in [9.17, 15) is 14.4 Å². The third kappa shape index (κ3) is 4.31.